The summed E-state index contributed by atoms with van der Waals surface area (Å²) in [6.07, 6.45) is 5.46. The van der Waals surface area contributed by atoms with Crippen LogP contribution in [0.25, 0.3) is 0 Å². The van der Waals surface area contributed by atoms with Crippen LogP contribution in [-0.4, -0.2) is 19.6 Å². The van der Waals surface area contributed by atoms with Crippen LogP contribution in [0.15, 0.2) is 24.3 Å². The summed E-state index contributed by atoms with van der Waals surface area (Å²) in [5.74, 6) is -0.0415. The molecule has 21 heavy (non-hydrogen) atoms. The predicted molar refractivity (Wildman–Crippen MR) is 86.3 cm³/mol. The molecule has 0 aliphatic carbocycles. The number of benzene rings is 1. The van der Waals surface area contributed by atoms with E-state index in [0.29, 0.717) is 5.56 Å². The maximum absolute atomic E-state index is 12.1. The van der Waals surface area contributed by atoms with Gasteiger partial charge in [0.2, 0.25) is 10.0 Å². The van der Waals surface area contributed by atoms with E-state index in [1.54, 1.807) is 24.3 Å². The first kappa shape index (κ1) is 18.1. The molecule has 0 saturated carbocycles. The van der Waals surface area contributed by atoms with Crippen LogP contribution >= 0.6 is 0 Å². The van der Waals surface area contributed by atoms with Crippen LogP contribution in [-0.2, 0) is 22.4 Å². The van der Waals surface area contributed by atoms with Crippen molar-refractivity contribution < 1.29 is 13.5 Å². The number of unbranched alkanes of at least 4 members (excludes halogenated alkanes) is 3. The van der Waals surface area contributed by atoms with Gasteiger partial charge in [0.1, 0.15) is 0 Å². The Kier molecular flexibility index (Phi) is 7.93. The Labute approximate surface area is 128 Å². The third-order valence-corrected chi connectivity index (χ3v) is 4.88. The Morgan fingerprint density at radius 2 is 1.90 bits per heavy atom. The molecule has 0 aliphatic heterocycles. The zero-order chi connectivity index (χ0) is 15.7. The van der Waals surface area contributed by atoms with Gasteiger partial charge >= 0.3 is 0 Å². The van der Waals surface area contributed by atoms with Crippen LogP contribution < -0.4 is 4.72 Å². The van der Waals surface area contributed by atoms with Gasteiger partial charge in [-0.05, 0) is 24.5 Å². The van der Waals surface area contributed by atoms with Gasteiger partial charge in [-0.1, -0.05) is 56.9 Å². The topological polar surface area (TPSA) is 66.4 Å². The third-order valence-electron chi connectivity index (χ3n) is 3.40. The van der Waals surface area contributed by atoms with E-state index in [2.05, 4.69) is 11.6 Å². The van der Waals surface area contributed by atoms with Crippen molar-refractivity contribution in [3.8, 4) is 0 Å². The highest BCUT2D eigenvalue weighted by atomic mass is 32.2. The SMILES string of the molecule is CCCCCCC(C)NS(=O)(=O)Cc1cccc(CO)c1. The molecular weight excluding hydrogens is 286 g/mol. The van der Waals surface area contributed by atoms with Crippen LogP contribution in [0.1, 0.15) is 57.1 Å². The summed E-state index contributed by atoms with van der Waals surface area (Å²) in [7, 11) is -3.33. The zero-order valence-electron chi connectivity index (χ0n) is 13.0. The summed E-state index contributed by atoms with van der Waals surface area (Å²) in [5, 5.41) is 9.08. The third kappa shape index (κ3) is 7.60. The summed E-state index contributed by atoms with van der Waals surface area (Å²) >= 11 is 0. The van der Waals surface area contributed by atoms with E-state index in [0.717, 1.165) is 24.8 Å². The molecule has 0 amide bonds. The van der Waals surface area contributed by atoms with Gasteiger partial charge in [-0.3, -0.25) is 0 Å². The van der Waals surface area contributed by atoms with Crippen molar-refractivity contribution in [2.24, 2.45) is 0 Å². The van der Waals surface area contributed by atoms with Crippen molar-refractivity contribution in [1.29, 1.82) is 0 Å². The van der Waals surface area contributed by atoms with Crippen LogP contribution in [0.3, 0.4) is 0 Å². The van der Waals surface area contributed by atoms with Crippen molar-refractivity contribution >= 4 is 10.0 Å². The monoisotopic (exact) mass is 313 g/mol. The average Bonchev–Trinajstić information content (AvgIpc) is 2.42. The van der Waals surface area contributed by atoms with Gasteiger partial charge in [0.15, 0.2) is 0 Å². The summed E-state index contributed by atoms with van der Waals surface area (Å²) in [6, 6.07) is 7.01. The Morgan fingerprint density at radius 1 is 1.19 bits per heavy atom. The minimum atomic E-state index is -3.33. The molecule has 0 radical (unpaired) electrons. The lowest BCUT2D eigenvalue weighted by Gasteiger charge is -2.14. The predicted octanol–water partition coefficient (Wildman–Crippen LogP) is 2.96. The Bertz CT molecular complexity index is 514. The normalized spacial score (nSPS) is 13.3. The maximum atomic E-state index is 12.1. The van der Waals surface area contributed by atoms with E-state index in [4.69, 9.17) is 5.11 Å². The second-order valence-corrected chi connectivity index (χ2v) is 7.36. The Balaban J connectivity index is 2.48. The largest absolute Gasteiger partial charge is 0.392 e. The lowest BCUT2D eigenvalue weighted by molar-refractivity contribution is 0.282. The fourth-order valence-electron chi connectivity index (χ4n) is 2.32. The molecule has 1 aromatic rings. The molecule has 0 heterocycles. The molecular formula is C16H27NO3S. The molecule has 0 bridgehead atoms. The van der Waals surface area contributed by atoms with E-state index >= 15 is 0 Å². The standard InChI is InChI=1S/C16H27NO3S/c1-3-4-5-6-8-14(2)17-21(19,20)13-16-10-7-9-15(11-16)12-18/h7,9-11,14,17-18H,3-6,8,12-13H2,1-2H3. The smallest absolute Gasteiger partial charge is 0.216 e. The van der Waals surface area contributed by atoms with Crippen LogP contribution in [0.5, 0.6) is 0 Å². The first-order chi connectivity index (χ1) is 9.96. The van der Waals surface area contributed by atoms with Crippen molar-refractivity contribution in [3.63, 3.8) is 0 Å². The number of hydrogen-bond acceptors (Lipinski definition) is 3. The molecule has 1 aromatic carbocycles. The molecule has 5 heteroatoms. The maximum Gasteiger partial charge on any atom is 0.216 e. The Morgan fingerprint density at radius 3 is 2.57 bits per heavy atom. The highest BCUT2D eigenvalue weighted by Gasteiger charge is 2.15. The number of nitrogens with one attached hydrogen (secondary N) is 1. The number of aliphatic hydroxyl groups is 1. The molecule has 4 nitrogen and oxygen atoms in total. The second kappa shape index (κ2) is 9.18. The molecule has 0 aliphatic rings. The number of hydrogen-bond donors (Lipinski definition) is 2. The summed E-state index contributed by atoms with van der Waals surface area (Å²) in [5.41, 5.74) is 1.43. The molecule has 0 fully saturated rings. The fraction of sp³-hybridized carbons (Fsp3) is 0.625. The highest BCUT2D eigenvalue weighted by molar-refractivity contribution is 7.88. The lowest BCUT2D eigenvalue weighted by Crippen LogP contribution is -2.33. The fourth-order valence-corrected chi connectivity index (χ4v) is 3.75. The molecule has 1 atom stereocenters. The highest BCUT2D eigenvalue weighted by Crippen LogP contribution is 2.11. The molecule has 1 unspecified atom stereocenters. The van der Waals surface area contributed by atoms with Gasteiger partial charge in [0.05, 0.1) is 12.4 Å². The van der Waals surface area contributed by atoms with Gasteiger partial charge in [-0.2, -0.15) is 0 Å². The molecule has 0 saturated heterocycles. The van der Waals surface area contributed by atoms with E-state index < -0.39 is 10.0 Å². The summed E-state index contributed by atoms with van der Waals surface area (Å²) in [6.45, 7) is 4.00. The average molecular weight is 313 g/mol. The Hall–Kier alpha value is -0.910. The van der Waals surface area contributed by atoms with Gasteiger partial charge in [0.25, 0.3) is 0 Å². The summed E-state index contributed by atoms with van der Waals surface area (Å²) in [4.78, 5) is 0. The molecule has 2 N–H and O–H groups in total. The van der Waals surface area contributed by atoms with Crippen molar-refractivity contribution in [2.75, 3.05) is 0 Å². The lowest BCUT2D eigenvalue weighted by atomic mass is 10.1. The first-order valence-corrected chi connectivity index (χ1v) is 9.30. The van der Waals surface area contributed by atoms with Crippen molar-refractivity contribution in [2.45, 2.75) is 64.4 Å². The van der Waals surface area contributed by atoms with E-state index in [-0.39, 0.29) is 18.4 Å². The molecule has 0 aromatic heterocycles. The van der Waals surface area contributed by atoms with Crippen LogP contribution in [0.2, 0.25) is 0 Å². The van der Waals surface area contributed by atoms with E-state index in [1.165, 1.54) is 12.8 Å². The van der Waals surface area contributed by atoms with Crippen LogP contribution in [0, 0.1) is 0 Å². The zero-order valence-corrected chi connectivity index (χ0v) is 13.8. The molecule has 120 valence electrons. The van der Waals surface area contributed by atoms with Crippen molar-refractivity contribution in [1.82, 2.24) is 4.72 Å². The minimum Gasteiger partial charge on any atom is -0.392 e. The number of sulfonamides is 1. The van der Waals surface area contributed by atoms with E-state index in [9.17, 15) is 8.42 Å². The van der Waals surface area contributed by atoms with Crippen LogP contribution in [0.4, 0.5) is 0 Å². The first-order valence-electron chi connectivity index (χ1n) is 7.65. The van der Waals surface area contributed by atoms with Crippen molar-refractivity contribution in [3.05, 3.63) is 35.4 Å². The molecule has 1 rings (SSSR count). The summed E-state index contributed by atoms with van der Waals surface area (Å²) < 4.78 is 27.0. The van der Waals surface area contributed by atoms with Gasteiger partial charge in [0, 0.05) is 6.04 Å². The number of rotatable bonds is 10. The number of aliphatic hydroxyl groups excluding tert-OH is 1. The van der Waals surface area contributed by atoms with Gasteiger partial charge < -0.3 is 5.11 Å². The van der Waals surface area contributed by atoms with E-state index in [1.807, 2.05) is 6.92 Å². The van der Waals surface area contributed by atoms with Gasteiger partial charge in [-0.15, -0.1) is 0 Å². The second-order valence-electron chi connectivity index (χ2n) is 5.61. The molecule has 0 spiro atoms. The van der Waals surface area contributed by atoms with Gasteiger partial charge in [-0.25, -0.2) is 13.1 Å². The minimum absolute atomic E-state index is 0.0344. The quantitative estimate of drug-likeness (QED) is 0.653.